The van der Waals surface area contributed by atoms with Crippen LogP contribution in [0.5, 0.6) is 0 Å². The maximum Gasteiger partial charge on any atom is 0.416 e. The lowest BCUT2D eigenvalue weighted by Crippen LogP contribution is -2.19. The molecule has 2 aromatic carbocycles. The minimum Gasteiger partial charge on any atom is -0.350 e. The fourth-order valence-electron chi connectivity index (χ4n) is 2.03. The normalized spacial score (nSPS) is 11.7. The Hall–Kier alpha value is -2.08. The van der Waals surface area contributed by atoms with Crippen molar-refractivity contribution in [2.24, 2.45) is 5.14 Å². The van der Waals surface area contributed by atoms with Crippen molar-refractivity contribution in [1.29, 1.82) is 0 Å². The van der Waals surface area contributed by atoms with Gasteiger partial charge in [0.2, 0.25) is 10.0 Å². The Bertz CT molecular complexity index is 942. The summed E-state index contributed by atoms with van der Waals surface area (Å²) >= 11 is 10.3. The van der Waals surface area contributed by atoms with Gasteiger partial charge < -0.3 is 10.6 Å². The van der Waals surface area contributed by atoms with Crippen molar-refractivity contribution in [2.45, 2.75) is 17.5 Å². The van der Waals surface area contributed by atoms with E-state index in [9.17, 15) is 21.6 Å². The molecular weight excluding hydrogens is 419 g/mol. The molecule has 0 aromatic heterocycles. The lowest BCUT2D eigenvalue weighted by molar-refractivity contribution is -0.137. The molecule has 0 spiro atoms. The average Bonchev–Trinajstić information content (AvgIpc) is 2.53. The molecule has 0 amide bonds. The quantitative estimate of drug-likeness (QED) is 0.620. The van der Waals surface area contributed by atoms with Crippen molar-refractivity contribution < 1.29 is 21.6 Å². The molecule has 0 saturated heterocycles. The second kappa shape index (κ2) is 8.30. The van der Waals surface area contributed by atoms with Gasteiger partial charge in [0, 0.05) is 17.8 Å². The lowest BCUT2D eigenvalue weighted by atomic mass is 10.2. The summed E-state index contributed by atoms with van der Waals surface area (Å²) in [4.78, 5) is 0.634. The van der Waals surface area contributed by atoms with Gasteiger partial charge in [0.05, 0.1) is 20.4 Å². The van der Waals surface area contributed by atoms with Crippen LogP contribution in [-0.4, -0.2) is 18.4 Å². The van der Waals surface area contributed by atoms with E-state index in [1.165, 1.54) is 36.4 Å². The Kier molecular flexibility index (Phi) is 6.52. The fraction of sp³-hybridized carbons (Fsp3) is 0.125. The van der Waals surface area contributed by atoms with Gasteiger partial charge in [0.1, 0.15) is 0 Å². The van der Waals surface area contributed by atoms with E-state index in [1.807, 2.05) is 0 Å². The van der Waals surface area contributed by atoms with Gasteiger partial charge in [-0.1, -0.05) is 24.4 Å². The van der Waals surface area contributed by atoms with E-state index in [2.05, 4.69) is 10.6 Å². The summed E-state index contributed by atoms with van der Waals surface area (Å²) in [5.74, 6) is 0. The molecule has 0 aliphatic rings. The first-order chi connectivity index (χ1) is 12.4. The highest BCUT2D eigenvalue weighted by Gasteiger charge is 2.29. The van der Waals surface area contributed by atoms with Crippen LogP contribution in [-0.2, 0) is 16.2 Å². The van der Waals surface area contributed by atoms with Crippen molar-refractivity contribution >= 4 is 55.8 Å². The molecule has 0 unspecified atom stereocenters. The SMILES string of the molecule is NS(=O)(=O)c1ccc(NC(=S)CC(=S)Nc2ccc(C(F)(F)F)cc2)cc1. The summed E-state index contributed by atoms with van der Waals surface area (Å²) in [5, 5.41) is 10.7. The molecule has 0 radical (unpaired) electrons. The highest BCUT2D eigenvalue weighted by Crippen LogP contribution is 2.29. The summed E-state index contributed by atoms with van der Waals surface area (Å²) in [6.07, 6.45) is -4.24. The summed E-state index contributed by atoms with van der Waals surface area (Å²) in [5.41, 5.74) is 0.206. The van der Waals surface area contributed by atoms with Crippen LogP contribution in [0.3, 0.4) is 0 Å². The number of primary sulfonamides is 1. The first-order valence-corrected chi connectivity index (χ1v) is 9.71. The molecule has 2 aromatic rings. The summed E-state index contributed by atoms with van der Waals surface area (Å²) in [6.45, 7) is 0. The van der Waals surface area contributed by atoms with Crippen molar-refractivity contribution in [3.8, 4) is 0 Å². The predicted octanol–water partition coefficient (Wildman–Crippen LogP) is 3.92. The molecule has 144 valence electrons. The molecule has 0 saturated carbocycles. The van der Waals surface area contributed by atoms with Crippen LogP contribution >= 0.6 is 24.4 Å². The standard InChI is InChI=1S/C16H14F3N3O2S3/c17-16(18,19)10-1-3-11(4-2-10)21-14(25)9-15(26)22-12-5-7-13(8-6-12)27(20,23)24/h1-8H,9H2,(H,21,25)(H,22,26)(H2,20,23,24). The van der Waals surface area contributed by atoms with Crippen molar-refractivity contribution in [2.75, 3.05) is 10.6 Å². The Morgan fingerprint density at radius 1 is 0.889 bits per heavy atom. The van der Waals surface area contributed by atoms with Crippen molar-refractivity contribution in [3.63, 3.8) is 0 Å². The van der Waals surface area contributed by atoms with Crippen LogP contribution in [0.25, 0.3) is 0 Å². The third-order valence-corrected chi connectivity index (χ3v) is 4.71. The van der Waals surface area contributed by atoms with E-state index in [-0.39, 0.29) is 11.3 Å². The highest BCUT2D eigenvalue weighted by atomic mass is 32.2. The smallest absolute Gasteiger partial charge is 0.350 e. The Balaban J connectivity index is 1.91. The summed E-state index contributed by atoms with van der Waals surface area (Å²) in [7, 11) is -3.78. The average molecular weight is 434 g/mol. The second-order valence-electron chi connectivity index (χ2n) is 5.42. The van der Waals surface area contributed by atoms with Crippen molar-refractivity contribution in [1.82, 2.24) is 0 Å². The van der Waals surface area contributed by atoms with Gasteiger partial charge in [0.25, 0.3) is 0 Å². The topological polar surface area (TPSA) is 84.2 Å². The molecule has 5 nitrogen and oxygen atoms in total. The number of nitrogens with two attached hydrogens (primary N) is 1. The van der Waals surface area contributed by atoms with Gasteiger partial charge in [-0.3, -0.25) is 0 Å². The second-order valence-corrected chi connectivity index (χ2v) is 7.96. The number of sulfonamides is 1. The van der Waals surface area contributed by atoms with Crippen LogP contribution in [0, 0.1) is 0 Å². The third-order valence-electron chi connectivity index (χ3n) is 3.28. The van der Waals surface area contributed by atoms with Gasteiger partial charge in [-0.05, 0) is 48.5 Å². The van der Waals surface area contributed by atoms with E-state index in [0.29, 0.717) is 21.4 Å². The molecule has 2 rings (SSSR count). The van der Waals surface area contributed by atoms with Gasteiger partial charge in [-0.25, -0.2) is 13.6 Å². The number of hydrogen-bond acceptors (Lipinski definition) is 4. The molecule has 4 N–H and O–H groups in total. The number of alkyl halides is 3. The molecule has 0 aliphatic heterocycles. The van der Waals surface area contributed by atoms with Gasteiger partial charge in [0.15, 0.2) is 0 Å². The molecule has 0 fully saturated rings. The van der Waals surface area contributed by atoms with Crippen LogP contribution in [0.1, 0.15) is 12.0 Å². The maximum absolute atomic E-state index is 12.5. The molecule has 27 heavy (non-hydrogen) atoms. The number of anilines is 2. The van der Waals surface area contributed by atoms with E-state index in [4.69, 9.17) is 29.6 Å². The predicted molar refractivity (Wildman–Crippen MR) is 106 cm³/mol. The minimum atomic E-state index is -4.40. The van der Waals surface area contributed by atoms with Crippen molar-refractivity contribution in [3.05, 3.63) is 54.1 Å². The number of thiocarbonyl (C=S) groups is 2. The van der Waals surface area contributed by atoms with Gasteiger partial charge >= 0.3 is 6.18 Å². The zero-order valence-electron chi connectivity index (χ0n) is 13.6. The van der Waals surface area contributed by atoms with E-state index in [0.717, 1.165) is 12.1 Å². The van der Waals surface area contributed by atoms with Crippen LogP contribution in [0.4, 0.5) is 24.5 Å². The van der Waals surface area contributed by atoms with E-state index in [1.54, 1.807) is 0 Å². The molecule has 11 heteroatoms. The first-order valence-electron chi connectivity index (χ1n) is 7.35. The molecule has 0 atom stereocenters. The third kappa shape index (κ3) is 6.54. The minimum absolute atomic E-state index is 0.0292. The molecular formula is C16H14F3N3O2S3. The summed E-state index contributed by atoms with van der Waals surface area (Å²) in [6, 6.07) is 10.1. The van der Waals surface area contributed by atoms with E-state index < -0.39 is 21.8 Å². The van der Waals surface area contributed by atoms with Gasteiger partial charge in [-0.15, -0.1) is 0 Å². The maximum atomic E-state index is 12.5. The zero-order chi connectivity index (χ0) is 20.2. The van der Waals surface area contributed by atoms with Crippen LogP contribution in [0.15, 0.2) is 53.4 Å². The molecule has 0 bridgehead atoms. The number of benzene rings is 2. The number of rotatable bonds is 5. The Morgan fingerprint density at radius 3 is 1.67 bits per heavy atom. The number of nitrogens with one attached hydrogen (secondary N) is 2. The number of hydrogen-bond donors (Lipinski definition) is 3. The highest BCUT2D eigenvalue weighted by molar-refractivity contribution is 7.89. The monoisotopic (exact) mass is 433 g/mol. The number of halogens is 3. The molecule has 0 heterocycles. The summed E-state index contributed by atoms with van der Waals surface area (Å²) < 4.78 is 60.0. The Labute approximate surface area is 164 Å². The van der Waals surface area contributed by atoms with Gasteiger partial charge in [-0.2, -0.15) is 13.2 Å². The molecule has 0 aliphatic carbocycles. The first kappa shape index (κ1) is 21.2. The van der Waals surface area contributed by atoms with Crippen LogP contribution in [0.2, 0.25) is 0 Å². The lowest BCUT2D eigenvalue weighted by Gasteiger charge is -2.12. The van der Waals surface area contributed by atoms with Crippen LogP contribution < -0.4 is 15.8 Å². The fourth-order valence-corrected chi connectivity index (χ4v) is 3.16. The van der Waals surface area contributed by atoms with E-state index >= 15 is 0 Å². The zero-order valence-corrected chi connectivity index (χ0v) is 16.0. The largest absolute Gasteiger partial charge is 0.416 e. The Morgan fingerprint density at radius 2 is 1.30 bits per heavy atom.